The molecular formula is C18H19N3O2S. The van der Waals surface area contributed by atoms with E-state index in [2.05, 4.69) is 4.98 Å². The zero-order valence-corrected chi connectivity index (χ0v) is 14.4. The minimum absolute atomic E-state index is 0.0163. The number of carbonyl (C=O) groups excluding carboxylic acids is 2. The highest BCUT2D eigenvalue weighted by molar-refractivity contribution is 7.08. The van der Waals surface area contributed by atoms with Crippen LogP contribution in [0, 0.1) is 0 Å². The van der Waals surface area contributed by atoms with Crippen LogP contribution in [-0.4, -0.2) is 41.3 Å². The molecule has 2 aromatic heterocycles. The molecule has 6 heteroatoms. The largest absolute Gasteiger partial charge is 0.342 e. The number of amides is 2. The maximum absolute atomic E-state index is 12.9. The predicted molar refractivity (Wildman–Crippen MR) is 93.4 cm³/mol. The van der Waals surface area contributed by atoms with Crippen molar-refractivity contribution in [1.82, 2.24) is 9.88 Å². The molecule has 0 bridgehead atoms. The lowest BCUT2D eigenvalue weighted by atomic mass is 9.85. The van der Waals surface area contributed by atoms with Gasteiger partial charge in [-0.15, -0.1) is 0 Å². The molecule has 124 valence electrons. The Bertz CT molecular complexity index is 789. The van der Waals surface area contributed by atoms with Gasteiger partial charge in [-0.2, -0.15) is 11.3 Å². The van der Waals surface area contributed by atoms with Gasteiger partial charge in [0.05, 0.1) is 22.4 Å². The molecule has 1 fully saturated rings. The second-order valence-corrected chi connectivity index (χ2v) is 7.25. The second kappa shape index (κ2) is 5.70. The van der Waals surface area contributed by atoms with E-state index in [0.717, 1.165) is 24.3 Å². The first-order valence-electron chi connectivity index (χ1n) is 8.22. The van der Waals surface area contributed by atoms with Crippen LogP contribution in [0.3, 0.4) is 0 Å². The maximum atomic E-state index is 12.9. The minimum Gasteiger partial charge on any atom is -0.342 e. The number of nitrogens with zero attached hydrogens (tertiary/aromatic N) is 3. The van der Waals surface area contributed by atoms with Crippen LogP contribution in [0.5, 0.6) is 0 Å². The van der Waals surface area contributed by atoms with Gasteiger partial charge >= 0.3 is 0 Å². The summed E-state index contributed by atoms with van der Waals surface area (Å²) in [6.07, 6.45) is 3.16. The van der Waals surface area contributed by atoms with E-state index in [0.29, 0.717) is 25.1 Å². The molecule has 5 nitrogen and oxygen atoms in total. The molecule has 4 heterocycles. The molecule has 0 radical (unpaired) electrons. The Hall–Kier alpha value is -2.21. The van der Waals surface area contributed by atoms with Crippen LogP contribution in [-0.2, 0) is 10.2 Å². The minimum atomic E-state index is -0.229. The lowest BCUT2D eigenvalue weighted by Crippen LogP contribution is -2.40. The molecule has 2 aliphatic rings. The first-order valence-corrected chi connectivity index (χ1v) is 9.16. The van der Waals surface area contributed by atoms with Crippen molar-refractivity contribution < 1.29 is 9.59 Å². The molecule has 2 amide bonds. The Morgan fingerprint density at radius 3 is 2.96 bits per heavy atom. The lowest BCUT2D eigenvalue weighted by Gasteiger charge is -2.24. The van der Waals surface area contributed by atoms with Crippen LogP contribution in [0.15, 0.2) is 35.2 Å². The Labute approximate surface area is 144 Å². The van der Waals surface area contributed by atoms with Crippen LogP contribution in [0.1, 0.15) is 35.8 Å². The molecule has 1 spiro atoms. The average Bonchev–Trinajstić information content (AvgIpc) is 3.34. The summed E-state index contributed by atoms with van der Waals surface area (Å²) in [5, 5.41) is 3.80. The number of likely N-dealkylation sites (tertiary alicyclic amines) is 1. The van der Waals surface area contributed by atoms with Crippen molar-refractivity contribution >= 4 is 28.8 Å². The van der Waals surface area contributed by atoms with Crippen molar-refractivity contribution in [2.45, 2.75) is 25.2 Å². The number of fused-ring (bicyclic) bond motifs is 2. The number of carbonyl (C=O) groups is 2. The highest BCUT2D eigenvalue weighted by Gasteiger charge is 2.50. The number of anilines is 1. The van der Waals surface area contributed by atoms with Crippen molar-refractivity contribution in [2.75, 3.05) is 24.5 Å². The van der Waals surface area contributed by atoms with Crippen molar-refractivity contribution in [1.29, 1.82) is 0 Å². The molecule has 24 heavy (non-hydrogen) atoms. The van der Waals surface area contributed by atoms with Crippen LogP contribution in [0.4, 0.5) is 5.69 Å². The molecule has 1 saturated heterocycles. The van der Waals surface area contributed by atoms with Gasteiger partial charge in [-0.1, -0.05) is 6.92 Å². The third-order valence-corrected chi connectivity index (χ3v) is 5.75. The molecule has 0 saturated carbocycles. The number of hydrogen-bond donors (Lipinski definition) is 0. The fourth-order valence-corrected chi connectivity index (χ4v) is 4.47. The zero-order chi connectivity index (χ0) is 16.7. The van der Waals surface area contributed by atoms with Crippen LogP contribution < -0.4 is 4.90 Å². The smallest absolute Gasteiger partial charge is 0.259 e. The lowest BCUT2D eigenvalue weighted by molar-refractivity contribution is -0.129. The Morgan fingerprint density at radius 1 is 1.33 bits per heavy atom. The third-order valence-electron chi connectivity index (χ3n) is 5.06. The van der Waals surface area contributed by atoms with Crippen LogP contribution in [0.2, 0.25) is 0 Å². The van der Waals surface area contributed by atoms with E-state index in [-0.39, 0.29) is 17.2 Å². The summed E-state index contributed by atoms with van der Waals surface area (Å²) in [5.41, 5.74) is 2.33. The Morgan fingerprint density at radius 2 is 2.21 bits per heavy atom. The first-order chi connectivity index (χ1) is 11.6. The van der Waals surface area contributed by atoms with E-state index in [1.165, 1.54) is 11.3 Å². The van der Waals surface area contributed by atoms with Crippen LogP contribution in [0.25, 0.3) is 0 Å². The Balaban J connectivity index is 1.70. The van der Waals surface area contributed by atoms with Crippen molar-refractivity contribution in [3.8, 4) is 0 Å². The number of hydrogen-bond acceptors (Lipinski definition) is 4. The molecular weight excluding hydrogens is 322 g/mol. The summed E-state index contributed by atoms with van der Waals surface area (Å²) in [4.78, 5) is 33.4. The normalized spacial score (nSPS) is 22.2. The molecule has 2 aromatic rings. The SMILES string of the molecule is CCC(=O)N1CC[C@]2(C1)CN(C(=O)c1ccsc1)c1cccnc12. The van der Waals surface area contributed by atoms with Gasteiger partial charge in [0, 0.05) is 37.6 Å². The molecule has 0 aliphatic carbocycles. The standard InChI is InChI=1S/C18H19N3O2S/c1-2-15(22)20-8-6-18(11-20)12-21(14-4-3-7-19-16(14)18)17(23)13-5-9-24-10-13/h3-5,7,9-10H,2,6,8,11-12H2,1H3/t18-/m0/s1. The quantitative estimate of drug-likeness (QED) is 0.844. The van der Waals surface area contributed by atoms with Crippen molar-refractivity contribution in [3.05, 3.63) is 46.4 Å². The van der Waals surface area contributed by atoms with Gasteiger partial charge in [-0.3, -0.25) is 14.6 Å². The maximum Gasteiger partial charge on any atom is 0.259 e. The van der Waals surface area contributed by atoms with Gasteiger partial charge < -0.3 is 9.80 Å². The van der Waals surface area contributed by atoms with Gasteiger partial charge in [0.1, 0.15) is 0 Å². The molecule has 0 unspecified atom stereocenters. The number of aromatic nitrogens is 1. The molecule has 0 N–H and O–H groups in total. The topological polar surface area (TPSA) is 53.5 Å². The first kappa shape index (κ1) is 15.3. The van der Waals surface area contributed by atoms with Gasteiger partial charge in [0.15, 0.2) is 0 Å². The highest BCUT2D eigenvalue weighted by Crippen LogP contribution is 2.45. The highest BCUT2D eigenvalue weighted by atomic mass is 32.1. The Kier molecular flexibility index (Phi) is 3.64. The number of thiophene rings is 1. The summed E-state index contributed by atoms with van der Waals surface area (Å²) in [5.74, 6) is 0.189. The van der Waals surface area contributed by atoms with Gasteiger partial charge in [-0.05, 0) is 30.0 Å². The number of rotatable bonds is 2. The van der Waals surface area contributed by atoms with E-state index in [1.54, 1.807) is 6.20 Å². The molecule has 0 aromatic carbocycles. The molecule has 2 aliphatic heterocycles. The van der Waals surface area contributed by atoms with Gasteiger partial charge in [-0.25, -0.2) is 0 Å². The molecule has 4 rings (SSSR count). The van der Waals surface area contributed by atoms with Crippen molar-refractivity contribution in [3.63, 3.8) is 0 Å². The summed E-state index contributed by atoms with van der Waals surface area (Å²) in [6.45, 7) is 3.88. The molecule has 1 atom stereocenters. The summed E-state index contributed by atoms with van der Waals surface area (Å²) < 4.78 is 0. The summed E-state index contributed by atoms with van der Waals surface area (Å²) in [6, 6.07) is 5.69. The zero-order valence-electron chi connectivity index (χ0n) is 13.6. The van der Waals surface area contributed by atoms with Gasteiger partial charge in [0.2, 0.25) is 5.91 Å². The third kappa shape index (κ3) is 2.24. The predicted octanol–water partition coefficient (Wildman–Crippen LogP) is 2.68. The van der Waals surface area contributed by atoms with Crippen molar-refractivity contribution in [2.24, 2.45) is 0 Å². The van der Waals surface area contributed by atoms with E-state index < -0.39 is 0 Å². The monoisotopic (exact) mass is 341 g/mol. The summed E-state index contributed by atoms with van der Waals surface area (Å²) >= 11 is 1.52. The van der Waals surface area contributed by atoms with Gasteiger partial charge in [0.25, 0.3) is 5.91 Å². The second-order valence-electron chi connectivity index (χ2n) is 6.47. The van der Waals surface area contributed by atoms with E-state index in [1.807, 2.05) is 45.7 Å². The average molecular weight is 341 g/mol. The van der Waals surface area contributed by atoms with Crippen LogP contribution >= 0.6 is 11.3 Å². The number of pyridine rings is 1. The van der Waals surface area contributed by atoms with E-state index in [4.69, 9.17) is 0 Å². The van der Waals surface area contributed by atoms with E-state index in [9.17, 15) is 9.59 Å². The summed E-state index contributed by atoms with van der Waals surface area (Å²) in [7, 11) is 0. The fourth-order valence-electron chi connectivity index (χ4n) is 3.84. The fraction of sp³-hybridized carbons (Fsp3) is 0.389. The van der Waals surface area contributed by atoms with E-state index >= 15 is 0 Å².